The van der Waals surface area contributed by atoms with E-state index in [-0.39, 0.29) is 5.69 Å². The van der Waals surface area contributed by atoms with E-state index in [0.717, 1.165) is 24.0 Å². The Bertz CT molecular complexity index is 1050. The van der Waals surface area contributed by atoms with Gasteiger partial charge in [0.2, 0.25) is 0 Å². The van der Waals surface area contributed by atoms with Crippen LogP contribution >= 0.6 is 0 Å². The molecule has 1 heterocycles. The van der Waals surface area contributed by atoms with Crippen LogP contribution in [-0.4, -0.2) is 31.4 Å². The van der Waals surface area contributed by atoms with Crippen LogP contribution < -0.4 is 10.4 Å². The number of nitrogens with one attached hydrogen (secondary N) is 1. The monoisotopic (exact) mass is 410 g/mol. The van der Waals surface area contributed by atoms with Crippen molar-refractivity contribution in [3.05, 3.63) is 81.5 Å². The lowest BCUT2D eigenvalue weighted by atomic mass is 10.1. The van der Waals surface area contributed by atoms with Gasteiger partial charge in [0.25, 0.3) is 0 Å². The zero-order valence-corrected chi connectivity index (χ0v) is 17.5. The van der Waals surface area contributed by atoms with Crippen LogP contribution in [0.2, 0.25) is 0 Å². The van der Waals surface area contributed by atoms with Crippen molar-refractivity contribution in [2.45, 2.75) is 52.2 Å². The van der Waals surface area contributed by atoms with E-state index in [1.807, 2.05) is 43.3 Å². The number of carbonyl (C=O) groups is 1. The van der Waals surface area contributed by atoms with Gasteiger partial charge in [0.05, 0.1) is 6.54 Å². The van der Waals surface area contributed by atoms with Gasteiger partial charge in [-0.25, -0.2) is 14.3 Å². The lowest BCUT2D eigenvalue weighted by molar-refractivity contribution is -0.152. The lowest BCUT2D eigenvalue weighted by Gasteiger charge is -2.21. The normalized spacial score (nSPS) is 11.4. The summed E-state index contributed by atoms with van der Waals surface area (Å²) in [5.74, 6) is 0.183. The minimum Gasteiger partial charge on any atom is -0.478 e. The van der Waals surface area contributed by atoms with E-state index in [2.05, 4.69) is 10.1 Å². The van der Waals surface area contributed by atoms with E-state index in [0.29, 0.717) is 24.5 Å². The third-order valence-corrected chi connectivity index (χ3v) is 4.87. The lowest BCUT2D eigenvalue weighted by Crippen LogP contribution is -2.37. The number of aryl methyl sites for hydroxylation is 3. The average molecular weight is 410 g/mol. The van der Waals surface area contributed by atoms with E-state index in [1.54, 1.807) is 12.1 Å². The van der Waals surface area contributed by atoms with Gasteiger partial charge in [-0.05, 0) is 56.9 Å². The average Bonchev–Trinajstić information content (AvgIpc) is 3.04. The summed E-state index contributed by atoms with van der Waals surface area (Å²) < 4.78 is 6.97. The quantitative estimate of drug-likeness (QED) is 0.564. The summed E-state index contributed by atoms with van der Waals surface area (Å²) in [6, 6.07) is 15.4. The van der Waals surface area contributed by atoms with E-state index in [4.69, 9.17) is 9.84 Å². The first kappa shape index (κ1) is 21.4. The molecular formula is C23H27N3O4. The van der Waals surface area contributed by atoms with Crippen molar-refractivity contribution in [3.63, 3.8) is 0 Å². The van der Waals surface area contributed by atoms with Crippen LogP contribution in [0.3, 0.4) is 0 Å². The molecule has 0 radical (unpaired) electrons. The number of aromatic nitrogens is 3. The van der Waals surface area contributed by atoms with Crippen molar-refractivity contribution in [1.82, 2.24) is 14.8 Å². The van der Waals surface area contributed by atoms with Gasteiger partial charge in [-0.15, -0.1) is 0 Å². The summed E-state index contributed by atoms with van der Waals surface area (Å²) in [5, 5.41) is 13.5. The molecule has 0 unspecified atom stereocenters. The van der Waals surface area contributed by atoms with Crippen molar-refractivity contribution in [2.24, 2.45) is 0 Å². The number of nitrogens with zero attached hydrogens (tertiary/aromatic N) is 2. The van der Waals surface area contributed by atoms with Gasteiger partial charge in [0, 0.05) is 6.42 Å². The fourth-order valence-corrected chi connectivity index (χ4v) is 3.01. The van der Waals surface area contributed by atoms with Crippen molar-refractivity contribution in [1.29, 1.82) is 0 Å². The van der Waals surface area contributed by atoms with E-state index in [1.165, 1.54) is 24.1 Å². The van der Waals surface area contributed by atoms with E-state index in [9.17, 15) is 9.59 Å². The molecule has 0 spiro atoms. The fourth-order valence-electron chi connectivity index (χ4n) is 3.01. The van der Waals surface area contributed by atoms with E-state index < -0.39 is 11.6 Å². The zero-order chi connectivity index (χ0) is 21.7. The molecule has 0 bridgehead atoms. The molecule has 30 heavy (non-hydrogen) atoms. The highest BCUT2D eigenvalue weighted by molar-refractivity contribution is 5.76. The number of rotatable bonds is 9. The SMILES string of the molecule is Cc1ccc(Cn2n[13c](CCCc3ccc(OC(C)(C)C(=O)O)cc3)[nH]c2=O)cc1. The predicted octanol–water partition coefficient (Wildman–Crippen LogP) is 3.35. The molecule has 1 aromatic heterocycles. The Kier molecular flexibility index (Phi) is 6.40. The van der Waals surface area contributed by atoms with Crippen LogP contribution in [0.4, 0.5) is 0 Å². The molecule has 0 atom stereocenters. The molecule has 158 valence electrons. The molecule has 7 heteroatoms. The van der Waals surface area contributed by atoms with Gasteiger partial charge in [-0.3, -0.25) is 4.98 Å². The molecule has 3 rings (SSSR count). The van der Waals surface area contributed by atoms with Gasteiger partial charge in [-0.2, -0.15) is 5.10 Å². The predicted molar refractivity (Wildman–Crippen MR) is 114 cm³/mol. The number of hydrogen-bond acceptors (Lipinski definition) is 4. The molecule has 7 nitrogen and oxygen atoms in total. The van der Waals surface area contributed by atoms with Gasteiger partial charge < -0.3 is 9.84 Å². The van der Waals surface area contributed by atoms with Crippen LogP contribution in [0.5, 0.6) is 5.75 Å². The second kappa shape index (κ2) is 8.98. The van der Waals surface area contributed by atoms with Gasteiger partial charge >= 0.3 is 11.7 Å². The molecule has 0 saturated carbocycles. The summed E-state index contributed by atoms with van der Waals surface area (Å²) in [6.45, 7) is 5.51. The van der Waals surface area contributed by atoms with Gasteiger partial charge in [-0.1, -0.05) is 42.0 Å². The first-order chi connectivity index (χ1) is 14.2. The van der Waals surface area contributed by atoms with Gasteiger partial charge in [0.15, 0.2) is 5.60 Å². The van der Waals surface area contributed by atoms with Crippen LogP contribution in [0.15, 0.2) is 53.3 Å². The third kappa shape index (κ3) is 5.59. The number of ether oxygens (including phenoxy) is 1. The molecule has 2 aromatic carbocycles. The molecule has 0 aliphatic rings. The molecular weight excluding hydrogens is 383 g/mol. The molecule has 0 aliphatic heterocycles. The Labute approximate surface area is 175 Å². The van der Waals surface area contributed by atoms with Gasteiger partial charge in [0.1, 0.15) is 11.6 Å². The van der Waals surface area contributed by atoms with Crippen molar-refractivity contribution in [2.75, 3.05) is 0 Å². The number of aliphatic carboxylic acids is 1. The van der Waals surface area contributed by atoms with Crippen molar-refractivity contribution in [3.8, 4) is 5.75 Å². The maximum atomic E-state index is 12.1. The molecule has 2 N–H and O–H groups in total. The molecule has 0 fully saturated rings. The molecule has 0 amide bonds. The maximum Gasteiger partial charge on any atom is 0.347 e. The molecule has 0 aliphatic carbocycles. The Hall–Kier alpha value is -3.35. The minimum absolute atomic E-state index is 0.201. The zero-order valence-electron chi connectivity index (χ0n) is 17.5. The number of benzene rings is 2. The Morgan fingerprint density at radius 3 is 2.33 bits per heavy atom. The number of carboxylic acid groups (broad SMARTS) is 1. The van der Waals surface area contributed by atoms with Crippen molar-refractivity contribution < 1.29 is 14.6 Å². The van der Waals surface area contributed by atoms with Crippen molar-refractivity contribution >= 4 is 5.97 Å². The minimum atomic E-state index is -1.27. The standard InChI is InChI=1S/C23H27N3O4/c1-16-7-9-18(10-8-16)15-26-22(29)24-20(25-26)6-4-5-17-11-13-19(14-12-17)30-23(2,3)21(27)28/h7-14H,4-6,15H2,1-3H3,(H,27,28)(H,24,25,29)/i20+1. The highest BCUT2D eigenvalue weighted by Gasteiger charge is 2.29. The summed E-state index contributed by atoms with van der Waals surface area (Å²) in [7, 11) is 0. The topological polar surface area (TPSA) is 97.2 Å². The van der Waals surface area contributed by atoms with Crippen LogP contribution in [0.25, 0.3) is 0 Å². The summed E-state index contributed by atoms with van der Waals surface area (Å²) in [6.07, 6.45) is 2.31. The second-order valence-electron chi connectivity index (χ2n) is 7.94. The van der Waals surface area contributed by atoms with Crippen LogP contribution in [0, 0.1) is 6.92 Å². The number of hydrogen-bond donors (Lipinski definition) is 2. The highest BCUT2D eigenvalue weighted by Crippen LogP contribution is 2.20. The maximum absolute atomic E-state index is 12.1. The van der Waals surface area contributed by atoms with Crippen LogP contribution in [0.1, 0.15) is 42.8 Å². The summed E-state index contributed by atoms with van der Waals surface area (Å²) in [4.78, 5) is 26.1. The van der Waals surface area contributed by atoms with E-state index >= 15 is 0 Å². The van der Waals surface area contributed by atoms with Crippen LogP contribution in [-0.2, 0) is 24.2 Å². The fraction of sp³-hybridized carbons (Fsp3) is 0.348. The second-order valence-corrected chi connectivity index (χ2v) is 7.94. The summed E-state index contributed by atoms with van der Waals surface area (Å²) >= 11 is 0. The molecule has 3 aromatic rings. The summed E-state index contributed by atoms with van der Waals surface area (Å²) in [5.41, 5.74) is 1.85. The highest BCUT2D eigenvalue weighted by atomic mass is 16.5. The largest absolute Gasteiger partial charge is 0.478 e. The molecule has 0 saturated heterocycles. The number of aromatic amines is 1. The Morgan fingerprint density at radius 1 is 1.07 bits per heavy atom. The first-order valence-corrected chi connectivity index (χ1v) is 9.96. The third-order valence-electron chi connectivity index (χ3n) is 4.87. The number of H-pyrrole nitrogens is 1. The smallest absolute Gasteiger partial charge is 0.347 e. The Morgan fingerprint density at radius 2 is 1.70 bits per heavy atom. The number of carboxylic acids is 1. The first-order valence-electron chi connectivity index (χ1n) is 9.96. The Balaban J connectivity index is 1.52.